The molecule has 9 heteroatoms. The molecule has 8 nitrogen and oxygen atoms in total. The molecule has 0 aliphatic carbocycles. The zero-order chi connectivity index (χ0) is 25.8. The van der Waals surface area contributed by atoms with E-state index < -0.39 is 6.04 Å². The van der Waals surface area contributed by atoms with E-state index in [1.165, 1.54) is 17.3 Å². The largest absolute Gasteiger partial charge is 0.487 e. The van der Waals surface area contributed by atoms with Crippen molar-refractivity contribution in [3.8, 4) is 5.75 Å². The molecule has 2 amide bonds. The number of hydrogen-bond acceptors (Lipinski definition) is 6. The number of anilines is 3. The van der Waals surface area contributed by atoms with Crippen LogP contribution in [0.5, 0.6) is 5.75 Å². The molecule has 1 aliphatic rings. The lowest BCUT2D eigenvalue weighted by Gasteiger charge is -2.39. The van der Waals surface area contributed by atoms with Gasteiger partial charge in [-0.15, -0.1) is 0 Å². The summed E-state index contributed by atoms with van der Waals surface area (Å²) in [6.07, 6.45) is 3.30. The standard InChI is InChI=1S/C28H24ClN5O3/c1-2-26(35)34-13-12-24(34)28(36)33-19-8-10-23-21(14-19)27(31-17-30-23)32-20-9-11-25(22(29)15-20)37-16-18-6-4-3-5-7-18/h2-11,14-15,17,24H,1,12-13,16H2,(H,33,36)(H,30,31,32)/t24-/m0/s1. The Balaban J connectivity index is 1.31. The number of nitrogens with zero attached hydrogens (tertiary/aromatic N) is 3. The summed E-state index contributed by atoms with van der Waals surface area (Å²) in [7, 11) is 0. The highest BCUT2D eigenvalue weighted by atomic mass is 35.5. The van der Waals surface area contributed by atoms with Gasteiger partial charge in [-0.05, 0) is 54.5 Å². The Morgan fingerprint density at radius 3 is 2.62 bits per heavy atom. The zero-order valence-corrected chi connectivity index (χ0v) is 20.6. The molecule has 186 valence electrons. The number of fused-ring (bicyclic) bond motifs is 1. The number of ether oxygens (including phenoxy) is 1. The van der Waals surface area contributed by atoms with Crippen molar-refractivity contribution in [2.24, 2.45) is 0 Å². The Hall–Kier alpha value is -4.43. The SMILES string of the molecule is C=CC(=O)N1CC[C@H]1C(=O)Nc1ccc2ncnc(Nc3ccc(OCc4ccccc4)c(Cl)c3)c2c1. The van der Waals surface area contributed by atoms with Crippen LogP contribution in [-0.2, 0) is 16.2 Å². The van der Waals surface area contributed by atoms with E-state index in [-0.39, 0.29) is 11.8 Å². The first-order valence-corrected chi connectivity index (χ1v) is 12.1. The second-order valence-electron chi connectivity index (χ2n) is 8.53. The first-order valence-electron chi connectivity index (χ1n) is 11.7. The van der Waals surface area contributed by atoms with Gasteiger partial charge in [0.15, 0.2) is 0 Å². The normalized spacial score (nSPS) is 14.5. The molecular formula is C28H24ClN5O3. The van der Waals surface area contributed by atoms with Crippen LogP contribution in [-0.4, -0.2) is 39.3 Å². The Bertz CT molecular complexity index is 1480. The van der Waals surface area contributed by atoms with E-state index in [4.69, 9.17) is 16.3 Å². The van der Waals surface area contributed by atoms with Crippen LogP contribution >= 0.6 is 11.6 Å². The fourth-order valence-electron chi connectivity index (χ4n) is 4.07. The van der Waals surface area contributed by atoms with Crippen molar-refractivity contribution in [1.82, 2.24) is 14.9 Å². The summed E-state index contributed by atoms with van der Waals surface area (Å²) >= 11 is 6.48. The van der Waals surface area contributed by atoms with Crippen LogP contribution in [0.4, 0.5) is 17.2 Å². The predicted octanol–water partition coefficient (Wildman–Crippen LogP) is 5.33. The van der Waals surface area contributed by atoms with Crippen molar-refractivity contribution >= 4 is 51.5 Å². The maximum atomic E-state index is 12.7. The number of benzene rings is 3. The number of carbonyl (C=O) groups excluding carboxylic acids is 2. The maximum Gasteiger partial charge on any atom is 0.247 e. The van der Waals surface area contributed by atoms with Crippen molar-refractivity contribution in [2.45, 2.75) is 19.1 Å². The van der Waals surface area contributed by atoms with Crippen LogP contribution in [0.3, 0.4) is 0 Å². The summed E-state index contributed by atoms with van der Waals surface area (Å²) < 4.78 is 5.86. The van der Waals surface area contributed by atoms with Gasteiger partial charge in [-0.2, -0.15) is 0 Å². The van der Waals surface area contributed by atoms with E-state index in [0.717, 1.165) is 11.3 Å². The van der Waals surface area contributed by atoms with Gasteiger partial charge in [0.25, 0.3) is 0 Å². The van der Waals surface area contributed by atoms with Crippen LogP contribution in [0, 0.1) is 0 Å². The number of hydrogen-bond donors (Lipinski definition) is 2. The summed E-state index contributed by atoms with van der Waals surface area (Å²) in [5, 5.41) is 7.35. The quantitative estimate of drug-likeness (QED) is 0.309. The first kappa shape index (κ1) is 24.3. The lowest BCUT2D eigenvalue weighted by atomic mass is 10.0. The molecule has 1 aliphatic heterocycles. The Morgan fingerprint density at radius 2 is 1.89 bits per heavy atom. The molecule has 0 saturated carbocycles. The highest BCUT2D eigenvalue weighted by Gasteiger charge is 2.36. The van der Waals surface area contributed by atoms with E-state index in [1.807, 2.05) is 36.4 Å². The molecule has 1 fully saturated rings. The van der Waals surface area contributed by atoms with Crippen molar-refractivity contribution < 1.29 is 14.3 Å². The van der Waals surface area contributed by atoms with Gasteiger partial charge in [0.1, 0.15) is 30.5 Å². The van der Waals surface area contributed by atoms with E-state index >= 15 is 0 Å². The topological polar surface area (TPSA) is 96.5 Å². The molecule has 1 atom stereocenters. The second kappa shape index (κ2) is 10.7. The second-order valence-corrected chi connectivity index (χ2v) is 8.94. The van der Waals surface area contributed by atoms with Crippen LogP contribution in [0.15, 0.2) is 85.7 Å². The summed E-state index contributed by atoms with van der Waals surface area (Å²) in [6.45, 7) is 4.45. The molecule has 1 saturated heterocycles. The molecule has 4 aromatic rings. The molecule has 0 spiro atoms. The third-order valence-corrected chi connectivity index (χ3v) is 6.41. The van der Waals surface area contributed by atoms with Crippen LogP contribution in [0.1, 0.15) is 12.0 Å². The average Bonchev–Trinajstić information content (AvgIpc) is 2.88. The van der Waals surface area contributed by atoms with Gasteiger partial charge in [0, 0.05) is 23.3 Å². The minimum atomic E-state index is -0.504. The number of amides is 2. The van der Waals surface area contributed by atoms with E-state index in [9.17, 15) is 9.59 Å². The van der Waals surface area contributed by atoms with E-state index in [2.05, 4.69) is 27.2 Å². The number of aromatic nitrogens is 2. The highest BCUT2D eigenvalue weighted by Crippen LogP contribution is 2.32. The number of carbonyl (C=O) groups is 2. The van der Waals surface area contributed by atoms with Gasteiger partial charge in [-0.3, -0.25) is 9.59 Å². The van der Waals surface area contributed by atoms with Gasteiger partial charge in [0.2, 0.25) is 11.8 Å². The lowest BCUT2D eigenvalue weighted by molar-refractivity contribution is -0.141. The van der Waals surface area contributed by atoms with Crippen molar-refractivity contribution in [2.75, 3.05) is 17.2 Å². The number of nitrogens with one attached hydrogen (secondary N) is 2. The Kier molecular flexibility index (Phi) is 7.00. The van der Waals surface area contributed by atoms with Gasteiger partial charge < -0.3 is 20.3 Å². The smallest absolute Gasteiger partial charge is 0.247 e. The zero-order valence-electron chi connectivity index (χ0n) is 19.9. The summed E-state index contributed by atoms with van der Waals surface area (Å²) in [5.41, 5.74) is 3.06. The Morgan fingerprint density at radius 1 is 1.08 bits per heavy atom. The third-order valence-electron chi connectivity index (χ3n) is 6.11. The van der Waals surface area contributed by atoms with Gasteiger partial charge in [0.05, 0.1) is 10.5 Å². The molecule has 2 N–H and O–H groups in total. The van der Waals surface area contributed by atoms with Crippen LogP contribution in [0.25, 0.3) is 10.9 Å². The number of halogens is 1. The minimum absolute atomic E-state index is 0.245. The highest BCUT2D eigenvalue weighted by molar-refractivity contribution is 6.32. The summed E-state index contributed by atoms with van der Waals surface area (Å²) in [5.74, 6) is 0.640. The monoisotopic (exact) mass is 513 g/mol. The molecular weight excluding hydrogens is 490 g/mol. The van der Waals surface area contributed by atoms with Crippen LogP contribution < -0.4 is 15.4 Å². The molecule has 2 heterocycles. The molecule has 37 heavy (non-hydrogen) atoms. The predicted molar refractivity (Wildman–Crippen MR) is 144 cm³/mol. The van der Waals surface area contributed by atoms with Gasteiger partial charge >= 0.3 is 0 Å². The summed E-state index contributed by atoms with van der Waals surface area (Å²) in [6, 6.07) is 20.2. The molecule has 0 radical (unpaired) electrons. The Labute approximate surface area is 218 Å². The van der Waals surface area contributed by atoms with Crippen LogP contribution in [0.2, 0.25) is 5.02 Å². The molecule has 5 rings (SSSR count). The van der Waals surface area contributed by atoms with E-state index in [0.29, 0.717) is 52.8 Å². The first-order chi connectivity index (χ1) is 18.0. The summed E-state index contributed by atoms with van der Waals surface area (Å²) in [4.78, 5) is 34.8. The van der Waals surface area contributed by atoms with Crippen molar-refractivity contribution in [3.05, 3.63) is 96.3 Å². The molecule has 1 aromatic heterocycles. The third kappa shape index (κ3) is 5.39. The van der Waals surface area contributed by atoms with Gasteiger partial charge in [-0.1, -0.05) is 48.5 Å². The van der Waals surface area contributed by atoms with Crippen molar-refractivity contribution in [1.29, 1.82) is 0 Å². The van der Waals surface area contributed by atoms with Crippen molar-refractivity contribution in [3.63, 3.8) is 0 Å². The number of rotatable bonds is 8. The number of likely N-dealkylation sites (tertiary alicyclic amines) is 1. The fourth-order valence-corrected chi connectivity index (χ4v) is 4.30. The molecule has 0 unspecified atom stereocenters. The molecule has 0 bridgehead atoms. The molecule has 3 aromatic carbocycles. The lowest BCUT2D eigenvalue weighted by Crippen LogP contribution is -2.56. The van der Waals surface area contributed by atoms with Gasteiger partial charge in [-0.25, -0.2) is 9.97 Å². The maximum absolute atomic E-state index is 12.7. The van der Waals surface area contributed by atoms with E-state index in [1.54, 1.807) is 30.3 Å². The fraction of sp³-hybridized carbons (Fsp3) is 0.143. The average molecular weight is 514 g/mol. The minimum Gasteiger partial charge on any atom is -0.487 e.